The van der Waals surface area contributed by atoms with Gasteiger partial charge in [-0.2, -0.15) is 0 Å². The Morgan fingerprint density at radius 2 is 0.633 bits per heavy atom. The number of rotatable bonds is 0. The largest absolute Gasteiger partial charge is 2.00 e. The topological polar surface area (TPSA) is 0 Å². The van der Waals surface area contributed by atoms with E-state index in [0.29, 0.717) is 0 Å². The van der Waals surface area contributed by atoms with E-state index in [1.54, 1.807) is 0 Å². The molecule has 0 atom stereocenters. The summed E-state index contributed by atoms with van der Waals surface area (Å²) in [5.74, 6) is 0. The first-order valence-electron chi connectivity index (χ1n) is 9.96. The number of benzene rings is 4. The maximum absolute atomic E-state index is 2.24. The summed E-state index contributed by atoms with van der Waals surface area (Å²) in [5.41, 5.74) is 0. The van der Waals surface area contributed by atoms with Crippen LogP contribution >= 0.6 is 0 Å². The molecule has 0 bridgehead atoms. The van der Waals surface area contributed by atoms with Gasteiger partial charge in [-0.1, -0.05) is 85.9 Å². The van der Waals surface area contributed by atoms with Gasteiger partial charge in [-0.05, 0) is 0 Å². The van der Waals surface area contributed by atoms with Crippen LogP contribution in [0.25, 0.3) is 43.1 Å². The molecule has 6 rings (SSSR count). The van der Waals surface area contributed by atoms with Gasteiger partial charge in [0.15, 0.2) is 0 Å². The van der Waals surface area contributed by atoms with Crippen molar-refractivity contribution < 1.29 is 18.6 Å². The summed E-state index contributed by atoms with van der Waals surface area (Å²) in [6.45, 7) is 4.31. The van der Waals surface area contributed by atoms with Crippen LogP contribution in [-0.2, 0) is 18.6 Å². The van der Waals surface area contributed by atoms with Crippen molar-refractivity contribution >= 4 is 52.6 Å². The Morgan fingerprint density at radius 1 is 0.433 bits per heavy atom. The van der Waals surface area contributed by atoms with E-state index in [9.17, 15) is 0 Å². The minimum absolute atomic E-state index is 0. The molecule has 0 saturated carbocycles. The molecule has 0 heterocycles. The summed E-state index contributed by atoms with van der Waals surface area (Å²) in [7, 11) is 1.08. The molecule has 3 radical (unpaired) electrons. The third kappa shape index (κ3) is 4.60. The van der Waals surface area contributed by atoms with Crippen LogP contribution in [0, 0.1) is 0 Å². The van der Waals surface area contributed by atoms with Gasteiger partial charge in [0.2, 0.25) is 0 Å². The molecule has 0 aliphatic heterocycles. The predicted octanol–water partition coefficient (Wildman–Crippen LogP) is 8.21. The molecule has 0 aromatic heterocycles. The Balaban J connectivity index is 0.000000147. The minimum Gasteiger partial charge on any atom is -0.126 e. The molecule has 0 N–H and O–H groups in total. The second kappa shape index (κ2) is 10.5. The molecule has 0 amide bonds. The van der Waals surface area contributed by atoms with Crippen LogP contribution < -0.4 is 0 Å². The molecule has 0 fully saturated rings. The first kappa shape index (κ1) is 22.1. The Kier molecular flexibility index (Phi) is 7.70. The van der Waals surface area contributed by atoms with Gasteiger partial charge in [0.25, 0.3) is 0 Å². The summed E-state index contributed by atoms with van der Waals surface area (Å²) in [6.07, 6.45) is 0. The van der Waals surface area contributed by atoms with Crippen molar-refractivity contribution in [1.29, 1.82) is 0 Å². The van der Waals surface area contributed by atoms with Crippen LogP contribution in [0.2, 0.25) is 13.1 Å². The normalized spacial score (nSPS) is 10.2. The van der Waals surface area contributed by atoms with E-state index in [2.05, 4.69) is 122 Å². The standard InChI is InChI=1S/2C13H9.C2H6Si.V/c2*1-3-7-12-10(5-1)9-11-6-2-4-8-13(11)12;1-3-2;/h2*1-9H;1-2H3;/q2*-1;;+2. The third-order valence-corrected chi connectivity index (χ3v) is 5.05. The quantitative estimate of drug-likeness (QED) is 0.165. The summed E-state index contributed by atoms with van der Waals surface area (Å²) in [5, 5.41) is 10.8. The average Bonchev–Trinajstić information content (AvgIpc) is 3.33. The number of hydrogen-bond donors (Lipinski definition) is 0. The Bertz CT molecular complexity index is 1150. The van der Waals surface area contributed by atoms with Crippen molar-refractivity contribution in [3.8, 4) is 0 Å². The first-order chi connectivity index (χ1) is 14.3. The second-order valence-electron chi connectivity index (χ2n) is 7.14. The molecule has 0 aliphatic carbocycles. The molecule has 0 saturated heterocycles. The van der Waals surface area contributed by atoms with Gasteiger partial charge in [0.05, 0.1) is 0 Å². The smallest absolute Gasteiger partial charge is 0.126 e. The molecule has 0 unspecified atom stereocenters. The first-order valence-corrected chi connectivity index (χ1v) is 12.0. The van der Waals surface area contributed by atoms with Crippen LogP contribution in [0.1, 0.15) is 0 Å². The maximum atomic E-state index is 2.24. The minimum atomic E-state index is 0. The van der Waals surface area contributed by atoms with Gasteiger partial charge in [-0.15, -0.1) is 79.5 Å². The molecular weight excluding hydrogens is 415 g/mol. The Labute approximate surface area is 193 Å². The fraction of sp³-hybridized carbons (Fsp3) is 0.0714. The molecule has 0 aliphatic rings. The van der Waals surface area contributed by atoms with E-state index in [4.69, 9.17) is 0 Å². The van der Waals surface area contributed by atoms with Crippen LogP contribution in [0.5, 0.6) is 0 Å². The van der Waals surface area contributed by atoms with Gasteiger partial charge >= 0.3 is 18.6 Å². The molecule has 2 heteroatoms. The maximum Gasteiger partial charge on any atom is 2.00 e. The third-order valence-electron chi connectivity index (χ3n) is 5.05. The van der Waals surface area contributed by atoms with E-state index >= 15 is 0 Å². The van der Waals surface area contributed by atoms with Crippen LogP contribution in [0.3, 0.4) is 0 Å². The molecule has 0 spiro atoms. The van der Waals surface area contributed by atoms with E-state index < -0.39 is 0 Å². The number of fused-ring (bicyclic) bond motifs is 6. The molecule has 30 heavy (non-hydrogen) atoms. The Hall–Kier alpha value is -2.58. The van der Waals surface area contributed by atoms with Crippen molar-refractivity contribution in [2.45, 2.75) is 13.1 Å². The van der Waals surface area contributed by atoms with Crippen LogP contribution in [0.4, 0.5) is 0 Å². The van der Waals surface area contributed by atoms with Crippen LogP contribution in [0.15, 0.2) is 109 Å². The molecule has 6 aromatic carbocycles. The molecule has 0 nitrogen and oxygen atoms in total. The van der Waals surface area contributed by atoms with Gasteiger partial charge < -0.3 is 0 Å². The van der Waals surface area contributed by atoms with Crippen molar-refractivity contribution in [1.82, 2.24) is 0 Å². The van der Waals surface area contributed by atoms with Gasteiger partial charge in [-0.25, -0.2) is 0 Å². The summed E-state index contributed by atoms with van der Waals surface area (Å²) in [6, 6.07) is 38.5. The van der Waals surface area contributed by atoms with Crippen molar-refractivity contribution in [2.24, 2.45) is 0 Å². The molecule has 6 aromatic rings. The van der Waals surface area contributed by atoms with E-state index in [1.807, 2.05) is 0 Å². The van der Waals surface area contributed by atoms with Crippen molar-refractivity contribution in [3.63, 3.8) is 0 Å². The Morgan fingerprint density at radius 3 is 0.867 bits per heavy atom. The van der Waals surface area contributed by atoms with E-state index in [0.717, 1.165) is 9.52 Å². The zero-order valence-electron chi connectivity index (χ0n) is 17.3. The fourth-order valence-corrected chi connectivity index (χ4v) is 3.81. The SMILES string of the molecule is C[Si]C.[V+2].c1ccc2c(c1)[cH-]c1ccccc12.c1ccc2c(c1)[cH-]c1ccccc12. The van der Waals surface area contributed by atoms with Gasteiger partial charge in [0, 0.05) is 9.52 Å². The predicted molar refractivity (Wildman–Crippen MR) is 132 cm³/mol. The summed E-state index contributed by atoms with van der Waals surface area (Å²) >= 11 is 0. The van der Waals surface area contributed by atoms with Crippen molar-refractivity contribution in [3.05, 3.63) is 109 Å². The zero-order chi connectivity index (χ0) is 20.1. The van der Waals surface area contributed by atoms with Crippen molar-refractivity contribution in [2.75, 3.05) is 0 Å². The number of hydrogen-bond acceptors (Lipinski definition) is 0. The summed E-state index contributed by atoms with van der Waals surface area (Å²) in [4.78, 5) is 0. The fourth-order valence-electron chi connectivity index (χ4n) is 3.81. The zero-order valence-corrected chi connectivity index (χ0v) is 19.7. The van der Waals surface area contributed by atoms with E-state index in [-0.39, 0.29) is 18.6 Å². The monoisotopic (exact) mass is 439 g/mol. The summed E-state index contributed by atoms with van der Waals surface area (Å²) < 4.78 is 0. The van der Waals surface area contributed by atoms with Gasteiger partial charge in [-0.3, -0.25) is 0 Å². The van der Waals surface area contributed by atoms with E-state index in [1.165, 1.54) is 43.1 Å². The van der Waals surface area contributed by atoms with Crippen LogP contribution in [-0.4, -0.2) is 9.52 Å². The van der Waals surface area contributed by atoms with Gasteiger partial charge in [0.1, 0.15) is 0 Å². The second-order valence-corrected chi connectivity index (χ2v) is 8.14. The molecular formula is C28H24SiV. The molecule has 145 valence electrons. The average molecular weight is 440 g/mol.